The van der Waals surface area contributed by atoms with Crippen molar-refractivity contribution in [3.63, 3.8) is 0 Å². The summed E-state index contributed by atoms with van der Waals surface area (Å²) in [6, 6.07) is 8.10. The largest absolute Gasteiger partial charge is 0.228 e. The maximum Gasteiger partial charge on any atom is 0.213 e. The van der Waals surface area contributed by atoms with Crippen molar-refractivity contribution in [3.05, 3.63) is 52.5 Å². The first kappa shape index (κ1) is 10.4. The molecule has 0 unspecified atom stereocenters. The summed E-state index contributed by atoms with van der Waals surface area (Å²) in [6.45, 7) is 0. The van der Waals surface area contributed by atoms with Crippen LogP contribution in [0, 0.1) is 5.95 Å². The van der Waals surface area contributed by atoms with Gasteiger partial charge in [0.05, 0.1) is 0 Å². The summed E-state index contributed by atoms with van der Waals surface area (Å²) in [5, 5.41) is 1.05. The lowest BCUT2D eigenvalue weighted by Gasteiger charge is -2.04. The molecule has 1 aromatic carbocycles. The molecular weight excluding hydrogens is 236 g/mol. The second kappa shape index (κ2) is 4.17. The standard InChI is InChI=1S/C11H6Cl2FN/c12-8-1-2-9(10(13)6-8)7-3-4-15-11(14)5-7/h1-6H. The molecule has 0 N–H and O–H groups in total. The monoisotopic (exact) mass is 241 g/mol. The first-order valence-electron chi connectivity index (χ1n) is 4.24. The molecule has 15 heavy (non-hydrogen) atoms. The van der Waals surface area contributed by atoms with Gasteiger partial charge >= 0.3 is 0 Å². The number of pyridine rings is 1. The molecule has 0 saturated carbocycles. The third kappa shape index (κ3) is 2.28. The lowest BCUT2D eigenvalue weighted by atomic mass is 10.1. The third-order valence-electron chi connectivity index (χ3n) is 1.97. The highest BCUT2D eigenvalue weighted by Crippen LogP contribution is 2.29. The molecule has 76 valence electrons. The van der Waals surface area contributed by atoms with E-state index >= 15 is 0 Å². The van der Waals surface area contributed by atoms with Gasteiger partial charge in [-0.05, 0) is 23.8 Å². The molecule has 4 heteroatoms. The summed E-state index contributed by atoms with van der Waals surface area (Å²) in [7, 11) is 0. The summed E-state index contributed by atoms with van der Waals surface area (Å²) in [5.41, 5.74) is 1.42. The molecule has 0 aliphatic carbocycles. The topological polar surface area (TPSA) is 12.9 Å². The SMILES string of the molecule is Fc1cc(-c2ccc(Cl)cc2Cl)ccn1. The number of hydrogen-bond donors (Lipinski definition) is 0. The Morgan fingerprint density at radius 3 is 2.53 bits per heavy atom. The van der Waals surface area contributed by atoms with Crippen molar-refractivity contribution in [2.24, 2.45) is 0 Å². The minimum Gasteiger partial charge on any atom is -0.228 e. The zero-order valence-corrected chi connectivity index (χ0v) is 9.06. The molecule has 0 aliphatic rings. The van der Waals surface area contributed by atoms with Gasteiger partial charge in [0.25, 0.3) is 0 Å². The van der Waals surface area contributed by atoms with Crippen molar-refractivity contribution in [2.45, 2.75) is 0 Å². The van der Waals surface area contributed by atoms with Crippen LogP contribution in [0.4, 0.5) is 4.39 Å². The van der Waals surface area contributed by atoms with Crippen LogP contribution < -0.4 is 0 Å². The van der Waals surface area contributed by atoms with Crippen LogP contribution in [0.15, 0.2) is 36.5 Å². The fourth-order valence-electron chi connectivity index (χ4n) is 1.29. The van der Waals surface area contributed by atoms with Crippen LogP contribution in [0.25, 0.3) is 11.1 Å². The van der Waals surface area contributed by atoms with E-state index in [0.717, 1.165) is 5.56 Å². The number of benzene rings is 1. The highest BCUT2D eigenvalue weighted by molar-refractivity contribution is 6.36. The second-order valence-electron chi connectivity index (χ2n) is 2.99. The third-order valence-corrected chi connectivity index (χ3v) is 2.52. The molecule has 0 bridgehead atoms. The van der Waals surface area contributed by atoms with Crippen molar-refractivity contribution in [2.75, 3.05) is 0 Å². The molecule has 1 aromatic heterocycles. The Morgan fingerprint density at radius 1 is 1.07 bits per heavy atom. The predicted octanol–water partition coefficient (Wildman–Crippen LogP) is 4.19. The number of rotatable bonds is 1. The van der Waals surface area contributed by atoms with Crippen molar-refractivity contribution >= 4 is 23.2 Å². The van der Waals surface area contributed by atoms with Crippen LogP contribution in [-0.2, 0) is 0 Å². The van der Waals surface area contributed by atoms with E-state index in [1.807, 2.05) is 0 Å². The molecule has 2 aromatic rings. The van der Waals surface area contributed by atoms with E-state index in [1.165, 1.54) is 12.3 Å². The smallest absolute Gasteiger partial charge is 0.213 e. The van der Waals surface area contributed by atoms with Gasteiger partial charge in [-0.2, -0.15) is 4.39 Å². The Labute approximate surface area is 96.5 Å². The molecule has 1 heterocycles. The molecule has 0 spiro atoms. The number of nitrogens with zero attached hydrogens (tertiary/aromatic N) is 1. The van der Waals surface area contributed by atoms with E-state index in [4.69, 9.17) is 23.2 Å². The highest BCUT2D eigenvalue weighted by Gasteiger charge is 2.05. The quantitative estimate of drug-likeness (QED) is 0.683. The molecule has 0 atom stereocenters. The van der Waals surface area contributed by atoms with E-state index in [9.17, 15) is 4.39 Å². The fourth-order valence-corrected chi connectivity index (χ4v) is 1.81. The van der Waals surface area contributed by atoms with E-state index in [0.29, 0.717) is 15.6 Å². The predicted molar refractivity (Wildman–Crippen MR) is 59.7 cm³/mol. The van der Waals surface area contributed by atoms with Crippen molar-refractivity contribution in [1.29, 1.82) is 0 Å². The summed E-state index contributed by atoms with van der Waals surface area (Å²) >= 11 is 11.8. The lowest BCUT2D eigenvalue weighted by Crippen LogP contribution is -1.84. The van der Waals surface area contributed by atoms with Crippen molar-refractivity contribution in [3.8, 4) is 11.1 Å². The molecule has 0 fully saturated rings. The summed E-state index contributed by atoms with van der Waals surface area (Å²) in [5.74, 6) is -0.529. The van der Waals surface area contributed by atoms with E-state index in [1.54, 1.807) is 24.3 Å². The van der Waals surface area contributed by atoms with Crippen LogP contribution >= 0.6 is 23.2 Å². The van der Waals surface area contributed by atoms with Gasteiger partial charge in [0.2, 0.25) is 5.95 Å². The Kier molecular flexibility index (Phi) is 2.89. The summed E-state index contributed by atoms with van der Waals surface area (Å²) < 4.78 is 12.9. The van der Waals surface area contributed by atoms with Gasteiger partial charge in [0.1, 0.15) is 0 Å². The first-order valence-corrected chi connectivity index (χ1v) is 4.99. The zero-order chi connectivity index (χ0) is 10.8. The Bertz CT molecular complexity index is 500. The van der Waals surface area contributed by atoms with Gasteiger partial charge in [0.15, 0.2) is 0 Å². The summed E-state index contributed by atoms with van der Waals surface area (Å²) in [6.07, 6.45) is 1.40. The van der Waals surface area contributed by atoms with Crippen LogP contribution in [-0.4, -0.2) is 4.98 Å². The minimum absolute atomic E-state index is 0.494. The molecule has 2 rings (SSSR count). The van der Waals surface area contributed by atoms with Gasteiger partial charge in [-0.15, -0.1) is 0 Å². The number of hydrogen-bond acceptors (Lipinski definition) is 1. The Morgan fingerprint density at radius 2 is 1.87 bits per heavy atom. The molecular formula is C11H6Cl2FN. The van der Waals surface area contributed by atoms with Crippen LogP contribution in [0.3, 0.4) is 0 Å². The van der Waals surface area contributed by atoms with Gasteiger partial charge in [-0.1, -0.05) is 29.3 Å². The summed E-state index contributed by atoms with van der Waals surface area (Å²) in [4.78, 5) is 3.48. The second-order valence-corrected chi connectivity index (χ2v) is 3.84. The van der Waals surface area contributed by atoms with Crippen LogP contribution in [0.2, 0.25) is 10.0 Å². The molecule has 1 nitrogen and oxygen atoms in total. The van der Waals surface area contributed by atoms with Gasteiger partial charge < -0.3 is 0 Å². The molecule has 0 radical (unpaired) electrons. The van der Waals surface area contributed by atoms with Gasteiger partial charge in [-0.25, -0.2) is 4.98 Å². The lowest BCUT2D eigenvalue weighted by molar-refractivity contribution is 0.584. The first-order chi connectivity index (χ1) is 7.16. The van der Waals surface area contributed by atoms with Gasteiger partial charge in [-0.3, -0.25) is 0 Å². The molecule has 0 saturated heterocycles. The Hall–Kier alpha value is -1.12. The fraction of sp³-hybridized carbons (Fsp3) is 0. The molecule has 0 aliphatic heterocycles. The van der Waals surface area contributed by atoms with Crippen LogP contribution in [0.1, 0.15) is 0 Å². The van der Waals surface area contributed by atoms with Crippen LogP contribution in [0.5, 0.6) is 0 Å². The minimum atomic E-state index is -0.529. The Balaban J connectivity index is 2.54. The number of halogens is 3. The average Bonchev–Trinajstić information content (AvgIpc) is 2.17. The van der Waals surface area contributed by atoms with E-state index in [2.05, 4.69) is 4.98 Å². The molecule has 0 amide bonds. The van der Waals surface area contributed by atoms with Gasteiger partial charge in [0, 0.05) is 27.9 Å². The maximum absolute atomic E-state index is 12.9. The van der Waals surface area contributed by atoms with E-state index < -0.39 is 5.95 Å². The van der Waals surface area contributed by atoms with E-state index in [-0.39, 0.29) is 0 Å². The van der Waals surface area contributed by atoms with Crippen molar-refractivity contribution < 1.29 is 4.39 Å². The average molecular weight is 242 g/mol. The maximum atomic E-state index is 12.9. The van der Waals surface area contributed by atoms with Crippen molar-refractivity contribution in [1.82, 2.24) is 4.98 Å². The zero-order valence-electron chi connectivity index (χ0n) is 7.55. The normalized spacial score (nSPS) is 10.3. The number of aromatic nitrogens is 1. The highest BCUT2D eigenvalue weighted by atomic mass is 35.5.